The van der Waals surface area contributed by atoms with Crippen LogP contribution in [-0.2, 0) is 11.3 Å². The van der Waals surface area contributed by atoms with Gasteiger partial charge in [-0.2, -0.15) is 0 Å². The van der Waals surface area contributed by atoms with Crippen LogP contribution in [0.25, 0.3) is 0 Å². The van der Waals surface area contributed by atoms with Gasteiger partial charge in [-0.1, -0.05) is 12.1 Å². The molecular weight excluding hydrogens is 212 g/mol. The highest BCUT2D eigenvalue weighted by Gasteiger charge is 1.94. The molecule has 0 bridgehead atoms. The molecule has 0 heterocycles. The second kappa shape index (κ2) is 5.82. The first-order valence-electron chi connectivity index (χ1n) is 4.30. The standard InChI is InChI=1S/C9H12N4OS/c10-9(15)11-5-7-1-3-8(4-2-7)13-12-6-14/h1-4,6,13H,5H2,(H,12,14)(H3,10,11,15). The number of benzene rings is 1. The van der Waals surface area contributed by atoms with Crippen LogP contribution in [-0.4, -0.2) is 11.5 Å². The molecule has 0 saturated heterocycles. The Hall–Kier alpha value is -1.82. The zero-order valence-corrected chi connectivity index (χ0v) is 8.80. The molecule has 0 fully saturated rings. The lowest BCUT2D eigenvalue weighted by Gasteiger charge is -2.06. The first-order chi connectivity index (χ1) is 7.22. The van der Waals surface area contributed by atoms with Crippen LogP contribution >= 0.6 is 12.2 Å². The van der Waals surface area contributed by atoms with E-state index in [1.165, 1.54) is 0 Å². The molecule has 5 nitrogen and oxygen atoms in total. The molecule has 15 heavy (non-hydrogen) atoms. The van der Waals surface area contributed by atoms with Crippen LogP contribution in [0.1, 0.15) is 5.56 Å². The normalized spacial score (nSPS) is 9.07. The summed E-state index contributed by atoms with van der Waals surface area (Å²) in [5.74, 6) is 0. The van der Waals surface area contributed by atoms with Crippen LogP contribution in [0.5, 0.6) is 0 Å². The van der Waals surface area contributed by atoms with Gasteiger partial charge in [0.05, 0.1) is 5.69 Å². The Bertz CT molecular complexity index is 338. The van der Waals surface area contributed by atoms with E-state index < -0.39 is 0 Å². The molecule has 0 aliphatic rings. The highest BCUT2D eigenvalue weighted by molar-refractivity contribution is 7.80. The molecule has 0 radical (unpaired) electrons. The molecule has 0 saturated carbocycles. The minimum absolute atomic E-state index is 0.278. The number of hydrogen-bond acceptors (Lipinski definition) is 3. The van der Waals surface area contributed by atoms with Gasteiger partial charge in [0, 0.05) is 6.54 Å². The second-order valence-electron chi connectivity index (χ2n) is 2.80. The quantitative estimate of drug-likeness (QED) is 0.324. The van der Waals surface area contributed by atoms with Crippen molar-refractivity contribution in [3.8, 4) is 0 Å². The van der Waals surface area contributed by atoms with E-state index in [9.17, 15) is 4.79 Å². The Kier molecular flexibility index (Phi) is 4.36. The van der Waals surface area contributed by atoms with Crippen molar-refractivity contribution in [2.75, 3.05) is 5.43 Å². The van der Waals surface area contributed by atoms with Crippen molar-refractivity contribution in [2.24, 2.45) is 5.73 Å². The molecule has 6 heteroatoms. The van der Waals surface area contributed by atoms with Gasteiger partial charge in [-0.15, -0.1) is 0 Å². The Morgan fingerprint density at radius 1 is 1.40 bits per heavy atom. The average Bonchev–Trinajstić information content (AvgIpc) is 2.25. The first kappa shape index (κ1) is 11.3. The van der Waals surface area contributed by atoms with Crippen molar-refractivity contribution in [3.05, 3.63) is 29.8 Å². The number of nitrogens with one attached hydrogen (secondary N) is 3. The summed E-state index contributed by atoms with van der Waals surface area (Å²) in [5, 5.41) is 3.12. The number of hydrogen-bond donors (Lipinski definition) is 4. The zero-order valence-electron chi connectivity index (χ0n) is 7.99. The number of nitrogens with two attached hydrogens (primary N) is 1. The van der Waals surface area contributed by atoms with Crippen LogP contribution in [0.2, 0.25) is 0 Å². The van der Waals surface area contributed by atoms with Crippen LogP contribution in [0.3, 0.4) is 0 Å². The van der Waals surface area contributed by atoms with E-state index in [1.54, 1.807) is 0 Å². The molecule has 1 amide bonds. The van der Waals surface area contributed by atoms with Gasteiger partial charge in [0.15, 0.2) is 5.11 Å². The van der Waals surface area contributed by atoms with Crippen molar-refractivity contribution in [2.45, 2.75) is 6.54 Å². The summed E-state index contributed by atoms with van der Waals surface area (Å²) in [6.07, 6.45) is 0.572. The maximum atomic E-state index is 10.0. The lowest BCUT2D eigenvalue weighted by molar-refractivity contribution is -0.109. The highest BCUT2D eigenvalue weighted by Crippen LogP contribution is 2.07. The third kappa shape index (κ3) is 4.28. The molecule has 0 aromatic heterocycles. The predicted octanol–water partition coefficient (Wildman–Crippen LogP) is 0.0927. The van der Waals surface area contributed by atoms with E-state index in [-0.39, 0.29) is 5.11 Å². The number of carbonyl (C=O) groups is 1. The zero-order chi connectivity index (χ0) is 11.1. The Balaban J connectivity index is 2.48. The van der Waals surface area contributed by atoms with E-state index >= 15 is 0 Å². The summed E-state index contributed by atoms with van der Waals surface area (Å²) in [4.78, 5) is 10.0. The summed E-state index contributed by atoms with van der Waals surface area (Å²) in [5.41, 5.74) is 12.2. The van der Waals surface area contributed by atoms with Gasteiger partial charge in [0.2, 0.25) is 6.41 Å². The lowest BCUT2D eigenvalue weighted by atomic mass is 10.2. The van der Waals surface area contributed by atoms with Crippen molar-refractivity contribution in [1.82, 2.24) is 10.7 Å². The molecule has 0 unspecified atom stereocenters. The maximum absolute atomic E-state index is 10.0. The number of anilines is 1. The molecule has 0 atom stereocenters. The second-order valence-corrected chi connectivity index (χ2v) is 3.24. The van der Waals surface area contributed by atoms with Crippen LogP contribution in [0, 0.1) is 0 Å². The lowest BCUT2D eigenvalue weighted by Crippen LogP contribution is -2.28. The maximum Gasteiger partial charge on any atom is 0.225 e. The Morgan fingerprint density at radius 2 is 2.07 bits per heavy atom. The Labute approximate surface area is 93.0 Å². The van der Waals surface area contributed by atoms with Crippen LogP contribution in [0.15, 0.2) is 24.3 Å². The average molecular weight is 224 g/mol. The third-order valence-electron chi connectivity index (χ3n) is 1.70. The van der Waals surface area contributed by atoms with Crippen molar-refractivity contribution < 1.29 is 4.79 Å². The summed E-state index contributed by atoms with van der Waals surface area (Å²) >= 11 is 4.68. The smallest absolute Gasteiger partial charge is 0.225 e. The molecule has 0 aliphatic carbocycles. The first-order valence-corrected chi connectivity index (χ1v) is 4.70. The number of carbonyl (C=O) groups excluding carboxylic acids is 1. The molecule has 1 rings (SSSR count). The third-order valence-corrected chi connectivity index (χ3v) is 1.84. The minimum Gasteiger partial charge on any atom is -0.376 e. The van der Waals surface area contributed by atoms with Crippen molar-refractivity contribution in [3.63, 3.8) is 0 Å². The number of hydrazine groups is 1. The van der Waals surface area contributed by atoms with Gasteiger partial charge in [0.1, 0.15) is 0 Å². The molecular formula is C9H12N4OS. The Morgan fingerprint density at radius 3 is 2.60 bits per heavy atom. The monoisotopic (exact) mass is 224 g/mol. The summed E-state index contributed by atoms with van der Waals surface area (Å²) in [6.45, 7) is 0.594. The van der Waals surface area contributed by atoms with E-state index in [0.29, 0.717) is 13.0 Å². The SMILES string of the molecule is NC(=S)NCc1ccc(NNC=O)cc1. The number of thiocarbonyl (C=S) groups is 1. The highest BCUT2D eigenvalue weighted by atomic mass is 32.1. The van der Waals surface area contributed by atoms with Crippen molar-refractivity contribution in [1.29, 1.82) is 0 Å². The van der Waals surface area contributed by atoms with E-state index in [2.05, 4.69) is 28.4 Å². The van der Waals surface area contributed by atoms with E-state index in [0.717, 1.165) is 11.3 Å². The molecule has 0 spiro atoms. The van der Waals surface area contributed by atoms with Crippen LogP contribution < -0.4 is 21.9 Å². The van der Waals surface area contributed by atoms with Gasteiger partial charge in [-0.05, 0) is 29.9 Å². The van der Waals surface area contributed by atoms with Crippen LogP contribution in [0.4, 0.5) is 5.69 Å². The van der Waals surface area contributed by atoms with Gasteiger partial charge >= 0.3 is 0 Å². The molecule has 80 valence electrons. The largest absolute Gasteiger partial charge is 0.376 e. The molecule has 1 aromatic carbocycles. The topological polar surface area (TPSA) is 79.2 Å². The number of rotatable bonds is 5. The number of amides is 1. The fourth-order valence-corrected chi connectivity index (χ4v) is 1.08. The molecule has 1 aromatic rings. The van der Waals surface area contributed by atoms with Crippen molar-refractivity contribution >= 4 is 29.4 Å². The summed E-state index contributed by atoms with van der Waals surface area (Å²) in [7, 11) is 0. The van der Waals surface area contributed by atoms with Gasteiger partial charge in [0.25, 0.3) is 0 Å². The minimum atomic E-state index is 0.278. The molecule has 5 N–H and O–H groups in total. The van der Waals surface area contributed by atoms with Gasteiger partial charge in [-0.3, -0.25) is 15.6 Å². The molecule has 0 aliphatic heterocycles. The fourth-order valence-electron chi connectivity index (χ4n) is 1.01. The predicted molar refractivity (Wildman–Crippen MR) is 62.9 cm³/mol. The summed E-state index contributed by atoms with van der Waals surface area (Å²) < 4.78 is 0. The fraction of sp³-hybridized carbons (Fsp3) is 0.111. The summed E-state index contributed by atoms with van der Waals surface area (Å²) in [6, 6.07) is 7.49. The van der Waals surface area contributed by atoms with E-state index in [4.69, 9.17) is 5.73 Å². The van der Waals surface area contributed by atoms with Gasteiger partial charge in [-0.25, -0.2) is 0 Å². The van der Waals surface area contributed by atoms with E-state index in [1.807, 2.05) is 24.3 Å². The van der Waals surface area contributed by atoms with Gasteiger partial charge < -0.3 is 11.1 Å².